The third kappa shape index (κ3) is 2.57. The SMILES string of the molecule is CC1=NN2C(=NC1C)C(N1CCNCC1)=Nc1ccc(Br)cc12. The molecule has 4 rings (SSSR count). The predicted molar refractivity (Wildman–Crippen MR) is 98.2 cm³/mol. The van der Waals surface area contributed by atoms with Gasteiger partial charge in [0, 0.05) is 30.7 Å². The lowest BCUT2D eigenvalue weighted by molar-refractivity contribution is 0.360. The summed E-state index contributed by atoms with van der Waals surface area (Å²) in [6, 6.07) is 6.18. The number of halogens is 1. The van der Waals surface area contributed by atoms with E-state index in [1.165, 1.54) is 0 Å². The van der Waals surface area contributed by atoms with Gasteiger partial charge in [-0.3, -0.25) is 4.99 Å². The maximum atomic E-state index is 4.91. The van der Waals surface area contributed by atoms with E-state index in [4.69, 9.17) is 15.1 Å². The van der Waals surface area contributed by atoms with Crippen LogP contribution >= 0.6 is 15.9 Å². The highest BCUT2D eigenvalue weighted by Crippen LogP contribution is 2.37. The molecule has 1 N–H and O–H groups in total. The number of anilines is 1. The summed E-state index contributed by atoms with van der Waals surface area (Å²) in [6.45, 7) is 7.92. The minimum absolute atomic E-state index is 0.0862. The standard InChI is InChI=1S/C16H19BrN6/c1-10-11(2)21-23-14-9-12(17)3-4-13(14)20-15(16(23)19-10)22-7-5-18-6-8-22/h3-4,9-10,18H,5-8H2,1-2H3. The minimum atomic E-state index is 0.0862. The van der Waals surface area contributed by atoms with E-state index in [1.54, 1.807) is 0 Å². The topological polar surface area (TPSA) is 55.6 Å². The van der Waals surface area contributed by atoms with E-state index in [-0.39, 0.29) is 6.04 Å². The Hall–Kier alpha value is -1.73. The van der Waals surface area contributed by atoms with Gasteiger partial charge in [-0.05, 0) is 32.0 Å². The predicted octanol–water partition coefficient (Wildman–Crippen LogP) is 2.38. The molecule has 0 aromatic heterocycles. The third-order valence-electron chi connectivity index (χ3n) is 4.39. The van der Waals surface area contributed by atoms with Crippen LogP contribution in [0.15, 0.2) is 37.8 Å². The summed E-state index contributed by atoms with van der Waals surface area (Å²) in [4.78, 5) is 12.1. The van der Waals surface area contributed by atoms with Crippen molar-refractivity contribution in [3.8, 4) is 0 Å². The quantitative estimate of drug-likeness (QED) is 0.758. The van der Waals surface area contributed by atoms with Crippen molar-refractivity contribution in [2.24, 2.45) is 15.1 Å². The third-order valence-corrected chi connectivity index (χ3v) is 4.88. The van der Waals surface area contributed by atoms with Gasteiger partial charge in [0.2, 0.25) is 0 Å². The number of rotatable bonds is 0. The number of fused-ring (bicyclic) bond motifs is 3. The van der Waals surface area contributed by atoms with Crippen molar-refractivity contribution < 1.29 is 0 Å². The smallest absolute Gasteiger partial charge is 0.193 e. The van der Waals surface area contributed by atoms with Gasteiger partial charge >= 0.3 is 0 Å². The summed E-state index contributed by atoms with van der Waals surface area (Å²) in [6.07, 6.45) is 0. The maximum absolute atomic E-state index is 4.91. The Kier molecular flexibility index (Phi) is 3.69. The summed E-state index contributed by atoms with van der Waals surface area (Å²) in [5, 5.41) is 10.1. The number of hydrogen-bond acceptors (Lipinski definition) is 6. The Morgan fingerprint density at radius 1 is 1.22 bits per heavy atom. The van der Waals surface area contributed by atoms with E-state index in [9.17, 15) is 0 Å². The molecule has 3 heterocycles. The van der Waals surface area contributed by atoms with Crippen molar-refractivity contribution in [2.45, 2.75) is 19.9 Å². The van der Waals surface area contributed by atoms with Gasteiger partial charge in [-0.2, -0.15) is 5.10 Å². The highest BCUT2D eigenvalue weighted by atomic mass is 79.9. The van der Waals surface area contributed by atoms with Gasteiger partial charge in [0.1, 0.15) is 0 Å². The first-order chi connectivity index (χ1) is 11.1. The van der Waals surface area contributed by atoms with Crippen molar-refractivity contribution in [3.05, 3.63) is 22.7 Å². The second-order valence-electron chi connectivity index (χ2n) is 5.99. The average Bonchev–Trinajstić information content (AvgIpc) is 2.56. The summed E-state index contributed by atoms with van der Waals surface area (Å²) in [5.74, 6) is 1.79. The summed E-state index contributed by atoms with van der Waals surface area (Å²) in [7, 11) is 0. The van der Waals surface area contributed by atoms with Crippen LogP contribution in [0.4, 0.5) is 11.4 Å². The Morgan fingerprint density at radius 2 is 2.00 bits per heavy atom. The Labute approximate surface area is 144 Å². The maximum Gasteiger partial charge on any atom is 0.193 e. The molecule has 23 heavy (non-hydrogen) atoms. The second kappa shape index (κ2) is 5.72. The number of nitrogens with one attached hydrogen (secondary N) is 1. The van der Waals surface area contributed by atoms with Crippen LogP contribution < -0.4 is 10.3 Å². The molecule has 120 valence electrons. The lowest BCUT2D eigenvalue weighted by Crippen LogP contribution is -2.53. The fourth-order valence-corrected chi connectivity index (χ4v) is 3.30. The molecular weight excluding hydrogens is 356 g/mol. The summed E-state index contributed by atoms with van der Waals surface area (Å²) in [5.41, 5.74) is 2.93. The van der Waals surface area contributed by atoms with Crippen molar-refractivity contribution in [3.63, 3.8) is 0 Å². The molecule has 0 radical (unpaired) electrons. The zero-order chi connectivity index (χ0) is 16.0. The molecule has 0 bridgehead atoms. The van der Waals surface area contributed by atoms with Crippen molar-refractivity contribution in [1.29, 1.82) is 0 Å². The molecule has 1 fully saturated rings. The van der Waals surface area contributed by atoms with E-state index in [2.05, 4.69) is 39.1 Å². The second-order valence-corrected chi connectivity index (χ2v) is 6.90. The van der Waals surface area contributed by atoms with Gasteiger partial charge < -0.3 is 10.2 Å². The molecule has 3 aliphatic rings. The fourth-order valence-electron chi connectivity index (χ4n) is 2.95. The molecule has 0 spiro atoms. The van der Waals surface area contributed by atoms with Gasteiger partial charge in [-0.25, -0.2) is 10.0 Å². The number of benzene rings is 1. The summed E-state index contributed by atoms with van der Waals surface area (Å²) >= 11 is 3.54. The number of nitrogens with zero attached hydrogens (tertiary/aromatic N) is 5. The van der Waals surface area contributed by atoms with Gasteiger partial charge in [-0.1, -0.05) is 15.9 Å². The Morgan fingerprint density at radius 3 is 2.78 bits per heavy atom. The van der Waals surface area contributed by atoms with E-state index < -0.39 is 0 Å². The molecule has 0 aliphatic carbocycles. The van der Waals surface area contributed by atoms with Crippen LogP contribution in [0.5, 0.6) is 0 Å². The average molecular weight is 375 g/mol. The number of hydrazone groups is 1. The summed E-state index contributed by atoms with van der Waals surface area (Å²) < 4.78 is 1.02. The molecule has 6 nitrogen and oxygen atoms in total. The van der Waals surface area contributed by atoms with Crippen molar-refractivity contribution >= 4 is 44.7 Å². The molecule has 0 amide bonds. The zero-order valence-electron chi connectivity index (χ0n) is 13.3. The first kappa shape index (κ1) is 14.8. The van der Waals surface area contributed by atoms with Crippen LogP contribution in [0.25, 0.3) is 0 Å². The highest BCUT2D eigenvalue weighted by molar-refractivity contribution is 9.10. The highest BCUT2D eigenvalue weighted by Gasteiger charge is 2.33. The Bertz CT molecular complexity index is 732. The largest absolute Gasteiger partial charge is 0.351 e. The minimum Gasteiger partial charge on any atom is -0.351 e. The van der Waals surface area contributed by atoms with Gasteiger partial charge in [0.05, 0.1) is 23.1 Å². The van der Waals surface area contributed by atoms with Crippen LogP contribution in [-0.2, 0) is 0 Å². The molecule has 1 saturated heterocycles. The number of hydrogen-bond donors (Lipinski definition) is 1. The van der Waals surface area contributed by atoms with E-state index in [0.29, 0.717) is 0 Å². The lowest BCUT2D eigenvalue weighted by atomic mass is 10.1. The monoisotopic (exact) mass is 374 g/mol. The first-order valence-corrected chi connectivity index (χ1v) is 8.70. The van der Waals surface area contributed by atoms with Crippen LogP contribution in [0, 0.1) is 0 Å². The van der Waals surface area contributed by atoms with Gasteiger partial charge in [-0.15, -0.1) is 0 Å². The van der Waals surface area contributed by atoms with E-state index in [0.717, 1.165) is 59.4 Å². The molecule has 1 unspecified atom stereocenters. The van der Waals surface area contributed by atoms with Crippen molar-refractivity contribution in [1.82, 2.24) is 10.2 Å². The molecule has 0 saturated carbocycles. The fraction of sp³-hybridized carbons (Fsp3) is 0.438. The normalized spacial score (nSPS) is 23.6. The molecule has 7 heteroatoms. The number of aliphatic imine (C=N–C) groups is 2. The number of amidine groups is 2. The first-order valence-electron chi connectivity index (χ1n) is 7.91. The zero-order valence-corrected chi connectivity index (χ0v) is 14.8. The molecule has 1 atom stereocenters. The molecule has 1 aromatic rings. The van der Waals surface area contributed by atoms with Crippen LogP contribution in [0.1, 0.15) is 13.8 Å². The van der Waals surface area contributed by atoms with E-state index >= 15 is 0 Å². The number of piperazine rings is 1. The van der Waals surface area contributed by atoms with Crippen molar-refractivity contribution in [2.75, 3.05) is 31.2 Å². The lowest BCUT2D eigenvalue weighted by Gasteiger charge is -2.38. The van der Waals surface area contributed by atoms with Gasteiger partial charge in [0.25, 0.3) is 0 Å². The van der Waals surface area contributed by atoms with Crippen LogP contribution in [0.2, 0.25) is 0 Å². The van der Waals surface area contributed by atoms with Gasteiger partial charge in [0.15, 0.2) is 11.7 Å². The molecule has 1 aromatic carbocycles. The molecular formula is C16H19BrN6. The molecule has 3 aliphatic heterocycles. The van der Waals surface area contributed by atoms with Crippen LogP contribution in [0.3, 0.4) is 0 Å². The van der Waals surface area contributed by atoms with E-state index in [1.807, 2.05) is 24.1 Å². The van der Waals surface area contributed by atoms with Crippen LogP contribution in [-0.4, -0.2) is 54.5 Å². The Balaban J connectivity index is 1.85.